The fraction of sp³-hybridized carbons (Fsp3) is 1.00. The molecule has 0 bridgehead atoms. The van der Waals surface area contributed by atoms with Crippen LogP contribution in [0.25, 0.3) is 0 Å². The first-order valence-electron chi connectivity index (χ1n) is 9.32. The van der Waals surface area contributed by atoms with Gasteiger partial charge >= 0.3 is 8.80 Å². The van der Waals surface area contributed by atoms with Crippen LogP contribution in [0.15, 0.2) is 0 Å². The Balaban J connectivity index is 3.49. The topological polar surface area (TPSA) is 27.7 Å². The molecular weight excluding hydrogens is 292 g/mol. The Hall–Kier alpha value is 0.0969. The highest BCUT2D eigenvalue weighted by Crippen LogP contribution is 2.29. The minimum Gasteiger partial charge on any atom is -0.377 e. The Bertz CT molecular complexity index is 224. The molecular formula is C18H40O3Si. The maximum atomic E-state index is 5.54. The molecule has 0 aromatic rings. The molecule has 3 nitrogen and oxygen atoms in total. The summed E-state index contributed by atoms with van der Waals surface area (Å²) in [7, 11) is 2.70. The summed E-state index contributed by atoms with van der Waals surface area (Å²) in [6.45, 7) is 4.47. The predicted octanol–water partition coefficient (Wildman–Crippen LogP) is 5.96. The highest BCUT2D eigenvalue weighted by molar-refractivity contribution is 6.62. The van der Waals surface area contributed by atoms with Gasteiger partial charge in [-0.05, 0) is 6.42 Å². The monoisotopic (exact) mass is 332 g/mol. The van der Waals surface area contributed by atoms with Gasteiger partial charge in [0.2, 0.25) is 0 Å². The standard InChI is InChI=1S/C18H40O3Si/c1-6-7-8-9-10-11-12-13-14-15-16-17-18(2)22(19-3,20-4)21-5/h18H,6-17H2,1-5H3. The van der Waals surface area contributed by atoms with E-state index in [9.17, 15) is 0 Å². The molecule has 0 N–H and O–H groups in total. The van der Waals surface area contributed by atoms with Crippen molar-refractivity contribution in [1.82, 2.24) is 0 Å². The van der Waals surface area contributed by atoms with Crippen LogP contribution in [0.2, 0.25) is 5.54 Å². The van der Waals surface area contributed by atoms with Crippen LogP contribution in [0.3, 0.4) is 0 Å². The predicted molar refractivity (Wildman–Crippen MR) is 97.3 cm³/mol. The molecule has 0 spiro atoms. The van der Waals surface area contributed by atoms with Gasteiger partial charge in [0.15, 0.2) is 0 Å². The number of hydrogen-bond acceptors (Lipinski definition) is 3. The second-order valence-electron chi connectivity index (χ2n) is 6.44. The molecule has 0 fully saturated rings. The van der Waals surface area contributed by atoms with Crippen LogP contribution in [0.1, 0.15) is 90.9 Å². The summed E-state index contributed by atoms with van der Waals surface area (Å²) in [6, 6.07) is 0. The quantitative estimate of drug-likeness (QED) is 0.258. The lowest BCUT2D eigenvalue weighted by atomic mass is 10.0. The van der Waals surface area contributed by atoms with E-state index in [0.29, 0.717) is 5.54 Å². The van der Waals surface area contributed by atoms with E-state index < -0.39 is 8.80 Å². The summed E-state index contributed by atoms with van der Waals surface area (Å²) in [5.74, 6) is 0. The van der Waals surface area contributed by atoms with E-state index in [0.717, 1.165) is 6.42 Å². The lowest BCUT2D eigenvalue weighted by molar-refractivity contribution is 0.111. The minimum absolute atomic E-state index is 0.381. The molecule has 0 aliphatic heterocycles. The number of hydrogen-bond donors (Lipinski definition) is 0. The zero-order valence-electron chi connectivity index (χ0n) is 15.8. The maximum absolute atomic E-state index is 5.54. The Labute approximate surface area is 140 Å². The first-order chi connectivity index (χ1) is 10.7. The van der Waals surface area contributed by atoms with Crippen molar-refractivity contribution in [2.75, 3.05) is 21.3 Å². The van der Waals surface area contributed by atoms with Crippen molar-refractivity contribution < 1.29 is 13.3 Å². The van der Waals surface area contributed by atoms with Gasteiger partial charge in [-0.25, -0.2) is 0 Å². The van der Waals surface area contributed by atoms with E-state index in [1.807, 2.05) is 0 Å². The van der Waals surface area contributed by atoms with Crippen molar-refractivity contribution >= 4 is 8.80 Å². The van der Waals surface area contributed by atoms with Gasteiger partial charge in [-0.3, -0.25) is 0 Å². The highest BCUT2D eigenvalue weighted by Gasteiger charge is 2.43. The van der Waals surface area contributed by atoms with Gasteiger partial charge < -0.3 is 13.3 Å². The van der Waals surface area contributed by atoms with Crippen LogP contribution >= 0.6 is 0 Å². The van der Waals surface area contributed by atoms with E-state index in [1.165, 1.54) is 70.6 Å². The zero-order valence-corrected chi connectivity index (χ0v) is 16.8. The molecule has 0 aromatic heterocycles. The fourth-order valence-corrected chi connectivity index (χ4v) is 5.41. The van der Waals surface area contributed by atoms with Crippen LogP contribution < -0.4 is 0 Å². The van der Waals surface area contributed by atoms with E-state index in [4.69, 9.17) is 13.3 Å². The first-order valence-corrected chi connectivity index (χ1v) is 11.1. The summed E-state index contributed by atoms with van der Waals surface area (Å²) in [4.78, 5) is 0. The van der Waals surface area contributed by atoms with Crippen molar-refractivity contribution in [1.29, 1.82) is 0 Å². The second kappa shape index (κ2) is 14.7. The molecule has 0 radical (unpaired) electrons. The minimum atomic E-state index is -2.42. The molecule has 1 unspecified atom stereocenters. The Kier molecular flexibility index (Phi) is 14.7. The van der Waals surface area contributed by atoms with Crippen molar-refractivity contribution in [2.24, 2.45) is 0 Å². The average molecular weight is 333 g/mol. The largest absolute Gasteiger partial charge is 0.503 e. The van der Waals surface area contributed by atoms with Gasteiger partial charge in [-0.1, -0.05) is 84.5 Å². The molecule has 0 rings (SSSR count). The second-order valence-corrected chi connectivity index (χ2v) is 9.86. The van der Waals surface area contributed by atoms with Crippen molar-refractivity contribution in [2.45, 2.75) is 96.4 Å². The molecule has 22 heavy (non-hydrogen) atoms. The van der Waals surface area contributed by atoms with Gasteiger partial charge in [0, 0.05) is 26.9 Å². The van der Waals surface area contributed by atoms with Crippen LogP contribution in [-0.2, 0) is 13.3 Å². The van der Waals surface area contributed by atoms with Gasteiger partial charge in [0.05, 0.1) is 0 Å². The van der Waals surface area contributed by atoms with Crippen molar-refractivity contribution in [3.05, 3.63) is 0 Å². The summed E-state index contributed by atoms with van der Waals surface area (Å²) in [6.07, 6.45) is 16.4. The average Bonchev–Trinajstić information content (AvgIpc) is 2.55. The van der Waals surface area contributed by atoms with Crippen molar-refractivity contribution in [3.63, 3.8) is 0 Å². The Morgan fingerprint density at radius 3 is 1.36 bits per heavy atom. The molecule has 0 heterocycles. The summed E-state index contributed by atoms with van der Waals surface area (Å²) >= 11 is 0. The molecule has 1 atom stereocenters. The third kappa shape index (κ3) is 9.28. The Morgan fingerprint density at radius 1 is 0.636 bits per heavy atom. The maximum Gasteiger partial charge on any atom is 0.503 e. The van der Waals surface area contributed by atoms with Gasteiger partial charge in [0.25, 0.3) is 0 Å². The van der Waals surface area contributed by atoms with Gasteiger partial charge in [-0.15, -0.1) is 0 Å². The van der Waals surface area contributed by atoms with Gasteiger partial charge in [-0.2, -0.15) is 0 Å². The van der Waals surface area contributed by atoms with E-state index in [2.05, 4.69) is 13.8 Å². The van der Waals surface area contributed by atoms with Crippen LogP contribution in [0, 0.1) is 0 Å². The lowest BCUT2D eigenvalue weighted by Gasteiger charge is -2.30. The zero-order chi connectivity index (χ0) is 16.7. The van der Waals surface area contributed by atoms with E-state index in [1.54, 1.807) is 21.3 Å². The smallest absolute Gasteiger partial charge is 0.377 e. The molecule has 0 aromatic carbocycles. The van der Waals surface area contributed by atoms with Crippen LogP contribution in [-0.4, -0.2) is 30.1 Å². The normalized spacial score (nSPS) is 13.5. The molecule has 0 aliphatic rings. The summed E-state index contributed by atoms with van der Waals surface area (Å²) in [5, 5.41) is 0. The van der Waals surface area contributed by atoms with Crippen LogP contribution in [0.4, 0.5) is 0 Å². The van der Waals surface area contributed by atoms with Gasteiger partial charge in [0.1, 0.15) is 0 Å². The Morgan fingerprint density at radius 2 is 1.00 bits per heavy atom. The number of rotatable bonds is 16. The highest BCUT2D eigenvalue weighted by atomic mass is 28.4. The molecule has 134 valence electrons. The molecule has 0 amide bonds. The third-order valence-corrected chi connectivity index (χ3v) is 7.90. The van der Waals surface area contributed by atoms with E-state index in [-0.39, 0.29) is 0 Å². The molecule has 0 saturated heterocycles. The first kappa shape index (κ1) is 22.1. The van der Waals surface area contributed by atoms with Crippen molar-refractivity contribution in [3.8, 4) is 0 Å². The summed E-state index contributed by atoms with van der Waals surface area (Å²) in [5.41, 5.74) is 0.381. The lowest BCUT2D eigenvalue weighted by Crippen LogP contribution is -2.46. The van der Waals surface area contributed by atoms with Crippen LogP contribution in [0.5, 0.6) is 0 Å². The number of unbranched alkanes of at least 4 members (excludes halogenated alkanes) is 10. The molecule has 0 saturated carbocycles. The SMILES string of the molecule is CCCCCCCCCCCCCC(C)[Si](OC)(OC)OC. The summed E-state index contributed by atoms with van der Waals surface area (Å²) < 4.78 is 16.6. The third-order valence-electron chi connectivity index (χ3n) is 4.70. The van der Waals surface area contributed by atoms with E-state index >= 15 is 0 Å². The molecule has 0 aliphatic carbocycles. The molecule has 4 heteroatoms. The fourth-order valence-electron chi connectivity index (χ4n) is 3.15.